The molecule has 0 unspecified atom stereocenters. The van der Waals surface area contributed by atoms with E-state index in [4.69, 9.17) is 0 Å². The lowest BCUT2D eigenvalue weighted by Crippen LogP contribution is -2.62. The topological polar surface area (TPSA) is 112 Å². The van der Waals surface area contributed by atoms with E-state index in [9.17, 15) is 14.4 Å². The molecule has 3 heterocycles. The first-order valence-electron chi connectivity index (χ1n) is 11.7. The van der Waals surface area contributed by atoms with Crippen molar-refractivity contribution in [2.45, 2.75) is 51.0 Å². The molecule has 4 amide bonds. The van der Waals surface area contributed by atoms with E-state index in [-0.39, 0.29) is 42.5 Å². The third kappa shape index (κ3) is 5.39. The lowest BCUT2D eigenvalue weighted by atomic mass is 10.0. The fourth-order valence-corrected chi connectivity index (χ4v) is 4.72. The molecule has 1 aromatic carbocycles. The molecule has 2 aliphatic rings. The first kappa shape index (κ1) is 23.7. The predicted octanol–water partition coefficient (Wildman–Crippen LogP) is 0.711. The zero-order valence-corrected chi connectivity index (χ0v) is 19.9. The molecule has 2 saturated heterocycles. The second kappa shape index (κ2) is 10.3. The SMILES string of the molecule is CC(C)NC(=O)N[C@H]1C[C@H]2CN(Cc3cncn3C)[C@@H](CNC(=O)c3ccccc3)C(=O)N2C1. The Labute approximate surface area is 199 Å². The molecule has 182 valence electrons. The van der Waals surface area contributed by atoms with Crippen molar-refractivity contribution >= 4 is 17.8 Å². The fraction of sp³-hybridized carbons (Fsp3) is 0.500. The highest BCUT2D eigenvalue weighted by atomic mass is 16.2. The number of urea groups is 1. The van der Waals surface area contributed by atoms with E-state index >= 15 is 0 Å². The van der Waals surface area contributed by atoms with Gasteiger partial charge in [0.15, 0.2) is 0 Å². The van der Waals surface area contributed by atoms with Crippen LogP contribution in [0.15, 0.2) is 42.9 Å². The number of hydrogen-bond donors (Lipinski definition) is 3. The molecule has 2 fully saturated rings. The minimum atomic E-state index is -0.498. The maximum Gasteiger partial charge on any atom is 0.315 e. The molecule has 0 bridgehead atoms. The largest absolute Gasteiger partial charge is 0.350 e. The second-order valence-electron chi connectivity index (χ2n) is 9.37. The highest BCUT2D eigenvalue weighted by Crippen LogP contribution is 2.27. The molecular weight excluding hydrogens is 434 g/mol. The van der Waals surface area contributed by atoms with Crippen molar-refractivity contribution in [3.8, 4) is 0 Å². The number of aromatic nitrogens is 2. The summed E-state index contributed by atoms with van der Waals surface area (Å²) in [5.74, 6) is -0.234. The number of benzene rings is 1. The Morgan fingerprint density at radius 2 is 1.94 bits per heavy atom. The molecule has 2 aromatic rings. The van der Waals surface area contributed by atoms with Gasteiger partial charge in [-0.05, 0) is 32.4 Å². The smallest absolute Gasteiger partial charge is 0.315 e. The molecular formula is C24H33N7O3. The van der Waals surface area contributed by atoms with Gasteiger partial charge in [-0.3, -0.25) is 14.5 Å². The minimum absolute atomic E-state index is 0.00570. The van der Waals surface area contributed by atoms with E-state index in [0.29, 0.717) is 31.6 Å². The van der Waals surface area contributed by atoms with Gasteiger partial charge in [0.05, 0.1) is 18.1 Å². The van der Waals surface area contributed by atoms with Crippen LogP contribution in [0.25, 0.3) is 0 Å². The first-order chi connectivity index (χ1) is 16.3. The van der Waals surface area contributed by atoms with E-state index in [0.717, 1.165) is 5.69 Å². The van der Waals surface area contributed by atoms with Gasteiger partial charge in [0.2, 0.25) is 5.91 Å². The van der Waals surface area contributed by atoms with Crippen molar-refractivity contribution in [2.75, 3.05) is 19.6 Å². The van der Waals surface area contributed by atoms with Crippen molar-refractivity contribution in [2.24, 2.45) is 7.05 Å². The van der Waals surface area contributed by atoms with Gasteiger partial charge < -0.3 is 25.4 Å². The number of nitrogens with one attached hydrogen (secondary N) is 3. The summed E-state index contributed by atoms with van der Waals surface area (Å²) in [6.45, 7) is 5.70. The van der Waals surface area contributed by atoms with Gasteiger partial charge in [-0.15, -0.1) is 0 Å². The quantitative estimate of drug-likeness (QED) is 0.555. The number of amides is 4. The Morgan fingerprint density at radius 3 is 2.62 bits per heavy atom. The van der Waals surface area contributed by atoms with E-state index < -0.39 is 6.04 Å². The van der Waals surface area contributed by atoms with Gasteiger partial charge in [0.25, 0.3) is 5.91 Å². The summed E-state index contributed by atoms with van der Waals surface area (Å²) in [5, 5.41) is 8.78. The lowest BCUT2D eigenvalue weighted by molar-refractivity contribution is -0.144. The molecule has 0 aliphatic carbocycles. The van der Waals surface area contributed by atoms with E-state index in [1.807, 2.05) is 48.6 Å². The van der Waals surface area contributed by atoms with Crippen molar-refractivity contribution in [3.63, 3.8) is 0 Å². The summed E-state index contributed by atoms with van der Waals surface area (Å²) in [5.41, 5.74) is 1.55. The summed E-state index contributed by atoms with van der Waals surface area (Å²) >= 11 is 0. The maximum absolute atomic E-state index is 13.6. The van der Waals surface area contributed by atoms with Crippen LogP contribution in [0.5, 0.6) is 0 Å². The molecule has 0 radical (unpaired) electrons. The monoisotopic (exact) mass is 467 g/mol. The van der Waals surface area contributed by atoms with Crippen LogP contribution < -0.4 is 16.0 Å². The number of fused-ring (bicyclic) bond motifs is 1. The van der Waals surface area contributed by atoms with Crippen LogP contribution in [-0.4, -0.2) is 81.0 Å². The van der Waals surface area contributed by atoms with Crippen molar-refractivity contribution < 1.29 is 14.4 Å². The minimum Gasteiger partial charge on any atom is -0.350 e. The number of imidazole rings is 1. The van der Waals surface area contributed by atoms with Gasteiger partial charge in [0, 0.05) is 57.1 Å². The predicted molar refractivity (Wildman–Crippen MR) is 127 cm³/mol. The van der Waals surface area contributed by atoms with Crippen molar-refractivity contribution in [1.29, 1.82) is 0 Å². The van der Waals surface area contributed by atoms with Crippen LogP contribution in [0.2, 0.25) is 0 Å². The van der Waals surface area contributed by atoms with Crippen molar-refractivity contribution in [3.05, 3.63) is 54.1 Å². The van der Waals surface area contributed by atoms with Gasteiger partial charge in [0.1, 0.15) is 6.04 Å². The van der Waals surface area contributed by atoms with Gasteiger partial charge in [-0.1, -0.05) is 18.2 Å². The van der Waals surface area contributed by atoms with Crippen molar-refractivity contribution in [1.82, 2.24) is 35.3 Å². The number of carbonyl (C=O) groups excluding carboxylic acids is 3. The zero-order valence-electron chi connectivity index (χ0n) is 19.9. The molecule has 10 heteroatoms. The number of hydrogen-bond acceptors (Lipinski definition) is 5. The highest BCUT2D eigenvalue weighted by molar-refractivity contribution is 5.94. The molecule has 34 heavy (non-hydrogen) atoms. The fourth-order valence-electron chi connectivity index (χ4n) is 4.72. The van der Waals surface area contributed by atoms with E-state index in [2.05, 4.69) is 25.8 Å². The number of nitrogens with zero attached hydrogens (tertiary/aromatic N) is 4. The third-order valence-electron chi connectivity index (χ3n) is 6.40. The van der Waals surface area contributed by atoms with Gasteiger partial charge >= 0.3 is 6.03 Å². The van der Waals surface area contributed by atoms with Gasteiger partial charge in [-0.25, -0.2) is 9.78 Å². The lowest BCUT2D eigenvalue weighted by Gasteiger charge is -2.42. The standard InChI is InChI=1S/C24H33N7O3/c1-16(2)27-24(34)28-18-9-19-13-30(14-20-10-25-15-29(20)3)21(23(33)31(19)12-18)11-26-22(32)17-7-5-4-6-8-17/h4-8,10,15-16,18-19,21H,9,11-14H2,1-3H3,(H,26,32)(H2,27,28,34)/t18-,19-,21-/m0/s1. The van der Waals surface area contributed by atoms with Crippen LogP contribution in [0.1, 0.15) is 36.3 Å². The Balaban J connectivity index is 1.47. The Hall–Kier alpha value is -3.40. The number of aryl methyl sites for hydroxylation is 1. The van der Waals surface area contributed by atoms with Crippen LogP contribution in [0.4, 0.5) is 4.79 Å². The Bertz CT molecular complexity index is 1020. The molecule has 0 saturated carbocycles. The first-order valence-corrected chi connectivity index (χ1v) is 11.7. The Kier molecular flexibility index (Phi) is 7.16. The average Bonchev–Trinajstić information content (AvgIpc) is 3.39. The number of carbonyl (C=O) groups is 3. The van der Waals surface area contributed by atoms with Crippen LogP contribution in [0.3, 0.4) is 0 Å². The molecule has 10 nitrogen and oxygen atoms in total. The molecule has 3 N–H and O–H groups in total. The Morgan fingerprint density at radius 1 is 1.18 bits per heavy atom. The summed E-state index contributed by atoms with van der Waals surface area (Å²) in [7, 11) is 1.93. The number of piperazine rings is 1. The summed E-state index contributed by atoms with van der Waals surface area (Å²) in [6.07, 6.45) is 4.23. The van der Waals surface area contributed by atoms with E-state index in [1.165, 1.54) is 0 Å². The summed E-state index contributed by atoms with van der Waals surface area (Å²) < 4.78 is 1.94. The third-order valence-corrected chi connectivity index (χ3v) is 6.40. The van der Waals surface area contributed by atoms with E-state index in [1.54, 1.807) is 24.7 Å². The van der Waals surface area contributed by atoms with Gasteiger partial charge in [-0.2, -0.15) is 0 Å². The second-order valence-corrected chi connectivity index (χ2v) is 9.37. The summed E-state index contributed by atoms with van der Waals surface area (Å²) in [6, 6.07) is 8.21. The van der Waals surface area contributed by atoms with Crippen LogP contribution in [-0.2, 0) is 18.4 Å². The van der Waals surface area contributed by atoms with Crippen LogP contribution >= 0.6 is 0 Å². The molecule has 1 aromatic heterocycles. The maximum atomic E-state index is 13.6. The molecule has 3 atom stereocenters. The summed E-state index contributed by atoms with van der Waals surface area (Å²) in [4.78, 5) is 46.6. The normalized spacial score (nSPS) is 22.5. The molecule has 2 aliphatic heterocycles. The molecule has 0 spiro atoms. The van der Waals surface area contributed by atoms with Crippen LogP contribution in [0, 0.1) is 0 Å². The average molecular weight is 468 g/mol. The molecule has 4 rings (SSSR count). The highest BCUT2D eigenvalue weighted by Gasteiger charge is 2.45. The zero-order chi connectivity index (χ0) is 24.2. The number of rotatable bonds is 7.